The van der Waals surface area contributed by atoms with Crippen molar-refractivity contribution in [2.24, 2.45) is 5.84 Å². The van der Waals surface area contributed by atoms with E-state index in [0.717, 1.165) is 6.42 Å². The number of hydrazine groups is 1. The fourth-order valence-electron chi connectivity index (χ4n) is 3.17. The second kappa shape index (κ2) is 6.12. The average molecular weight is 274 g/mol. The molecule has 3 heteroatoms. The number of allylic oxidation sites excluding steroid dienone is 1. The van der Waals surface area contributed by atoms with Gasteiger partial charge in [-0.15, -0.1) is 11.8 Å². The second-order valence-corrected chi connectivity index (χ2v) is 6.77. The van der Waals surface area contributed by atoms with Gasteiger partial charge in [0.2, 0.25) is 0 Å². The molecule has 0 radical (unpaired) electrons. The summed E-state index contributed by atoms with van der Waals surface area (Å²) in [5.74, 6) is 5.87. The third-order valence-electron chi connectivity index (χ3n) is 4.20. The summed E-state index contributed by atoms with van der Waals surface area (Å²) in [5, 5.41) is 0.548. The zero-order chi connectivity index (χ0) is 13.1. The van der Waals surface area contributed by atoms with E-state index in [2.05, 4.69) is 35.8 Å². The molecule has 2 aliphatic rings. The van der Waals surface area contributed by atoms with Crippen molar-refractivity contribution in [3.8, 4) is 0 Å². The van der Waals surface area contributed by atoms with Crippen LogP contribution in [0.25, 0.3) is 0 Å². The molecule has 0 spiro atoms. The third kappa shape index (κ3) is 2.88. The summed E-state index contributed by atoms with van der Waals surface area (Å²) >= 11 is 1.99. The first kappa shape index (κ1) is 13.2. The Bertz CT molecular complexity index is 445. The lowest BCUT2D eigenvalue weighted by molar-refractivity contribution is 0.547. The number of nitrogens with two attached hydrogens (primary N) is 1. The van der Waals surface area contributed by atoms with Gasteiger partial charge in [0.05, 0.1) is 6.04 Å². The molecule has 0 saturated carbocycles. The Hall–Kier alpha value is -0.770. The van der Waals surface area contributed by atoms with Crippen molar-refractivity contribution >= 4 is 11.8 Å². The Labute approximate surface area is 119 Å². The van der Waals surface area contributed by atoms with Crippen LogP contribution in [0, 0.1) is 0 Å². The maximum Gasteiger partial charge on any atom is 0.0545 e. The van der Waals surface area contributed by atoms with E-state index >= 15 is 0 Å². The van der Waals surface area contributed by atoms with Crippen molar-refractivity contribution in [1.29, 1.82) is 0 Å². The molecule has 19 heavy (non-hydrogen) atoms. The third-order valence-corrected chi connectivity index (χ3v) is 5.59. The van der Waals surface area contributed by atoms with Crippen molar-refractivity contribution in [3.63, 3.8) is 0 Å². The summed E-state index contributed by atoms with van der Waals surface area (Å²) in [4.78, 5) is 1.43. The molecule has 1 aliphatic carbocycles. The van der Waals surface area contributed by atoms with Gasteiger partial charge in [-0.2, -0.15) is 0 Å². The van der Waals surface area contributed by atoms with Crippen LogP contribution in [0.15, 0.2) is 40.8 Å². The minimum atomic E-state index is 0.329. The Balaban J connectivity index is 1.75. The van der Waals surface area contributed by atoms with Crippen molar-refractivity contribution in [3.05, 3.63) is 41.5 Å². The van der Waals surface area contributed by atoms with Crippen LogP contribution in [0.4, 0.5) is 0 Å². The summed E-state index contributed by atoms with van der Waals surface area (Å²) in [6.45, 7) is 0. The van der Waals surface area contributed by atoms with Gasteiger partial charge in [-0.1, -0.05) is 36.3 Å². The van der Waals surface area contributed by atoms with E-state index in [1.807, 2.05) is 11.8 Å². The van der Waals surface area contributed by atoms with Gasteiger partial charge < -0.3 is 0 Å². The molecular formula is C16H22N2S. The molecule has 1 aromatic carbocycles. The molecule has 3 N–H and O–H groups in total. The molecule has 1 aliphatic heterocycles. The summed E-state index contributed by atoms with van der Waals surface area (Å²) in [6, 6.07) is 9.07. The average Bonchev–Trinajstić information content (AvgIpc) is 2.67. The molecule has 1 heterocycles. The van der Waals surface area contributed by atoms with E-state index in [1.54, 1.807) is 0 Å². The van der Waals surface area contributed by atoms with Gasteiger partial charge in [0, 0.05) is 10.1 Å². The van der Waals surface area contributed by atoms with Crippen molar-refractivity contribution in [2.75, 3.05) is 0 Å². The standard InChI is InChI=1S/C16H22N2S/c17-18-16(12-7-3-1-2-4-8-12)15-11-13-9-5-6-10-14(13)19-15/h5-7,9-10,15-16,18H,1-4,8,11,17H2. The molecule has 0 amide bonds. The summed E-state index contributed by atoms with van der Waals surface area (Å²) in [6.07, 6.45) is 10.00. The van der Waals surface area contributed by atoms with Crippen LogP contribution in [0.2, 0.25) is 0 Å². The van der Waals surface area contributed by atoms with Gasteiger partial charge in [0.1, 0.15) is 0 Å². The lowest BCUT2D eigenvalue weighted by Crippen LogP contribution is -2.44. The normalized spacial score (nSPS) is 24.5. The first-order valence-corrected chi connectivity index (χ1v) is 8.16. The smallest absolute Gasteiger partial charge is 0.0545 e. The number of hydrogen-bond donors (Lipinski definition) is 2. The van der Waals surface area contributed by atoms with Crippen LogP contribution >= 0.6 is 11.8 Å². The lowest BCUT2D eigenvalue weighted by atomic mass is 9.96. The Morgan fingerprint density at radius 2 is 2.11 bits per heavy atom. The van der Waals surface area contributed by atoms with Crippen LogP contribution in [0.3, 0.4) is 0 Å². The van der Waals surface area contributed by atoms with E-state index < -0.39 is 0 Å². The first-order chi connectivity index (χ1) is 9.38. The zero-order valence-electron chi connectivity index (χ0n) is 11.3. The number of benzene rings is 1. The maximum absolute atomic E-state index is 5.87. The topological polar surface area (TPSA) is 38.0 Å². The molecule has 0 bridgehead atoms. The lowest BCUT2D eigenvalue weighted by Gasteiger charge is -2.24. The zero-order valence-corrected chi connectivity index (χ0v) is 12.1. The van der Waals surface area contributed by atoms with E-state index in [0.29, 0.717) is 11.3 Å². The molecule has 2 atom stereocenters. The minimum Gasteiger partial charge on any atom is -0.271 e. The molecule has 0 fully saturated rings. The predicted molar refractivity (Wildman–Crippen MR) is 82.1 cm³/mol. The fourth-order valence-corrected chi connectivity index (χ4v) is 4.61. The highest BCUT2D eigenvalue weighted by Crippen LogP contribution is 2.40. The van der Waals surface area contributed by atoms with Crippen LogP contribution in [0.5, 0.6) is 0 Å². The van der Waals surface area contributed by atoms with Gasteiger partial charge in [-0.3, -0.25) is 11.3 Å². The van der Waals surface area contributed by atoms with Gasteiger partial charge in [-0.25, -0.2) is 0 Å². The summed E-state index contributed by atoms with van der Waals surface area (Å²) < 4.78 is 0. The predicted octanol–water partition coefficient (Wildman–Crippen LogP) is 3.43. The Morgan fingerprint density at radius 3 is 2.95 bits per heavy atom. The van der Waals surface area contributed by atoms with Crippen molar-refractivity contribution in [1.82, 2.24) is 5.43 Å². The highest BCUT2D eigenvalue weighted by Gasteiger charge is 2.30. The highest BCUT2D eigenvalue weighted by molar-refractivity contribution is 8.00. The number of hydrogen-bond acceptors (Lipinski definition) is 3. The summed E-state index contributed by atoms with van der Waals surface area (Å²) in [7, 11) is 0. The fraction of sp³-hybridized carbons (Fsp3) is 0.500. The van der Waals surface area contributed by atoms with E-state index in [1.165, 1.54) is 48.1 Å². The monoisotopic (exact) mass is 274 g/mol. The SMILES string of the molecule is NNC(C1=CCCCCC1)C1Cc2ccccc2S1. The number of nitrogens with one attached hydrogen (secondary N) is 1. The molecule has 102 valence electrons. The number of fused-ring (bicyclic) bond motifs is 1. The Kier molecular flexibility index (Phi) is 4.26. The number of rotatable bonds is 3. The van der Waals surface area contributed by atoms with Gasteiger partial charge in [-0.05, 0) is 43.7 Å². The molecule has 0 saturated heterocycles. The van der Waals surface area contributed by atoms with Crippen LogP contribution in [-0.2, 0) is 6.42 Å². The quantitative estimate of drug-likeness (QED) is 0.504. The Morgan fingerprint density at radius 1 is 1.21 bits per heavy atom. The molecule has 0 aromatic heterocycles. The van der Waals surface area contributed by atoms with Gasteiger partial charge in [0.25, 0.3) is 0 Å². The minimum absolute atomic E-state index is 0.329. The largest absolute Gasteiger partial charge is 0.271 e. The molecule has 3 rings (SSSR count). The van der Waals surface area contributed by atoms with Crippen LogP contribution in [-0.4, -0.2) is 11.3 Å². The molecular weight excluding hydrogens is 252 g/mol. The first-order valence-electron chi connectivity index (χ1n) is 7.28. The summed E-state index contributed by atoms with van der Waals surface area (Å²) in [5.41, 5.74) is 6.10. The van der Waals surface area contributed by atoms with E-state index in [-0.39, 0.29) is 0 Å². The van der Waals surface area contributed by atoms with Crippen molar-refractivity contribution < 1.29 is 0 Å². The van der Waals surface area contributed by atoms with Gasteiger partial charge in [0.15, 0.2) is 0 Å². The van der Waals surface area contributed by atoms with Crippen LogP contribution in [0.1, 0.15) is 37.7 Å². The van der Waals surface area contributed by atoms with E-state index in [9.17, 15) is 0 Å². The second-order valence-electron chi connectivity index (χ2n) is 5.49. The highest BCUT2D eigenvalue weighted by atomic mass is 32.2. The van der Waals surface area contributed by atoms with E-state index in [4.69, 9.17) is 5.84 Å². The molecule has 2 unspecified atom stereocenters. The van der Waals surface area contributed by atoms with Crippen LogP contribution < -0.4 is 11.3 Å². The van der Waals surface area contributed by atoms with Crippen molar-refractivity contribution in [2.45, 2.75) is 54.7 Å². The molecule has 2 nitrogen and oxygen atoms in total. The maximum atomic E-state index is 5.87. The van der Waals surface area contributed by atoms with Gasteiger partial charge >= 0.3 is 0 Å². The molecule has 1 aromatic rings. The number of thioether (sulfide) groups is 1.